The zero-order chi connectivity index (χ0) is 17.3. The monoisotopic (exact) mass is 349 g/mol. The summed E-state index contributed by atoms with van der Waals surface area (Å²) < 4.78 is 14.9. The Bertz CT molecular complexity index is 765. The molecule has 1 aromatic heterocycles. The quantitative estimate of drug-likeness (QED) is 0.917. The number of pyridine rings is 1. The summed E-state index contributed by atoms with van der Waals surface area (Å²) in [4.78, 5) is 18.0. The zero-order valence-corrected chi connectivity index (χ0v) is 14.6. The molecule has 0 bridgehead atoms. The summed E-state index contributed by atoms with van der Waals surface area (Å²) in [6.45, 7) is 5.10. The number of amides is 1. The number of benzene rings is 1. The van der Waals surface area contributed by atoms with Crippen LogP contribution in [0.2, 0.25) is 5.02 Å². The van der Waals surface area contributed by atoms with E-state index in [1.807, 2.05) is 18.7 Å². The molecule has 1 saturated heterocycles. The largest absolute Gasteiger partial charge is 0.367 e. The maximum absolute atomic E-state index is 14.9. The molecule has 128 valence electrons. The molecule has 2 aromatic rings. The van der Waals surface area contributed by atoms with Crippen LogP contribution in [0.15, 0.2) is 24.4 Å². The summed E-state index contributed by atoms with van der Waals surface area (Å²) in [7, 11) is 0. The van der Waals surface area contributed by atoms with Crippen molar-refractivity contribution in [3.05, 3.63) is 35.2 Å². The molecule has 1 N–H and O–H groups in total. The van der Waals surface area contributed by atoms with E-state index in [2.05, 4.69) is 10.3 Å². The van der Waals surface area contributed by atoms with Crippen molar-refractivity contribution in [2.75, 3.05) is 18.0 Å². The molecule has 0 saturated carbocycles. The molecule has 0 spiro atoms. The third-order valence-electron chi connectivity index (χ3n) is 4.41. The highest BCUT2D eigenvalue weighted by atomic mass is 35.5. The zero-order valence-electron chi connectivity index (χ0n) is 13.9. The van der Waals surface area contributed by atoms with Crippen molar-refractivity contribution in [1.82, 2.24) is 10.3 Å². The predicted octanol–water partition coefficient (Wildman–Crippen LogP) is 3.77. The van der Waals surface area contributed by atoms with E-state index in [1.165, 1.54) is 6.20 Å². The average Bonchev–Trinajstić information content (AvgIpc) is 2.56. The summed E-state index contributed by atoms with van der Waals surface area (Å²) in [6, 6.07) is 5.25. The second-order valence-corrected chi connectivity index (χ2v) is 6.94. The minimum Gasteiger partial charge on any atom is -0.367 e. The van der Waals surface area contributed by atoms with E-state index in [0.717, 1.165) is 19.4 Å². The number of halogens is 2. The van der Waals surface area contributed by atoms with E-state index in [-0.39, 0.29) is 29.2 Å². The fraction of sp³-hybridized carbons (Fsp3) is 0.444. The van der Waals surface area contributed by atoms with Crippen LogP contribution < -0.4 is 10.2 Å². The first-order valence-electron chi connectivity index (χ1n) is 8.25. The first-order valence-corrected chi connectivity index (χ1v) is 8.63. The Morgan fingerprint density at radius 3 is 2.96 bits per heavy atom. The fourth-order valence-electron chi connectivity index (χ4n) is 3.07. The van der Waals surface area contributed by atoms with Crippen LogP contribution in [-0.2, 0) is 4.79 Å². The second kappa shape index (κ2) is 6.93. The minimum absolute atomic E-state index is 0.0364. The van der Waals surface area contributed by atoms with Gasteiger partial charge in [-0.1, -0.05) is 25.4 Å². The lowest BCUT2D eigenvalue weighted by Gasteiger charge is -2.35. The lowest BCUT2D eigenvalue weighted by atomic mass is 10.0. The highest BCUT2D eigenvalue weighted by molar-refractivity contribution is 6.35. The molecule has 4 nitrogen and oxygen atoms in total. The molecule has 1 aliphatic heterocycles. The normalized spacial score (nSPS) is 18.2. The summed E-state index contributed by atoms with van der Waals surface area (Å²) >= 11 is 6.11. The van der Waals surface area contributed by atoms with Crippen LogP contribution in [0.4, 0.5) is 10.1 Å². The smallest absolute Gasteiger partial charge is 0.222 e. The number of nitrogens with one attached hydrogen (secondary N) is 1. The maximum atomic E-state index is 14.9. The molecule has 2 heterocycles. The molecular weight excluding hydrogens is 329 g/mol. The maximum Gasteiger partial charge on any atom is 0.222 e. The van der Waals surface area contributed by atoms with Gasteiger partial charge in [0.2, 0.25) is 5.91 Å². The van der Waals surface area contributed by atoms with Gasteiger partial charge in [-0.15, -0.1) is 0 Å². The van der Waals surface area contributed by atoms with Gasteiger partial charge in [0.05, 0.1) is 10.7 Å². The lowest BCUT2D eigenvalue weighted by Crippen LogP contribution is -2.49. The summed E-state index contributed by atoms with van der Waals surface area (Å²) in [5.41, 5.74) is 0.800. The van der Waals surface area contributed by atoms with Crippen molar-refractivity contribution in [1.29, 1.82) is 0 Å². The van der Waals surface area contributed by atoms with E-state index in [0.29, 0.717) is 22.6 Å². The van der Waals surface area contributed by atoms with E-state index >= 15 is 0 Å². The number of nitrogens with zero attached hydrogens (tertiary/aromatic N) is 2. The Labute approximate surface area is 146 Å². The number of aromatic nitrogens is 1. The van der Waals surface area contributed by atoms with Gasteiger partial charge in [-0.3, -0.25) is 9.78 Å². The molecule has 6 heteroatoms. The first-order chi connectivity index (χ1) is 11.5. The van der Waals surface area contributed by atoms with Gasteiger partial charge in [0.15, 0.2) is 5.82 Å². The average molecular weight is 350 g/mol. The molecule has 1 aromatic carbocycles. The molecule has 3 rings (SSSR count). The molecule has 0 aliphatic carbocycles. The highest BCUT2D eigenvalue weighted by Gasteiger charge is 2.25. The van der Waals surface area contributed by atoms with Crippen molar-refractivity contribution in [2.24, 2.45) is 5.92 Å². The van der Waals surface area contributed by atoms with Gasteiger partial charge in [0.1, 0.15) is 5.52 Å². The number of hydrogen-bond donors (Lipinski definition) is 1. The molecule has 24 heavy (non-hydrogen) atoms. The van der Waals surface area contributed by atoms with Crippen LogP contribution in [-0.4, -0.2) is 30.0 Å². The van der Waals surface area contributed by atoms with Gasteiger partial charge < -0.3 is 10.2 Å². The van der Waals surface area contributed by atoms with Crippen molar-refractivity contribution in [3.63, 3.8) is 0 Å². The van der Waals surface area contributed by atoms with E-state index < -0.39 is 0 Å². The van der Waals surface area contributed by atoms with Crippen LogP contribution in [0.25, 0.3) is 10.9 Å². The third-order valence-corrected chi connectivity index (χ3v) is 4.74. The number of anilines is 1. The van der Waals surface area contributed by atoms with Crippen molar-refractivity contribution >= 4 is 34.1 Å². The van der Waals surface area contributed by atoms with Crippen LogP contribution in [0, 0.1) is 11.7 Å². The predicted molar refractivity (Wildman–Crippen MR) is 94.9 cm³/mol. The molecule has 1 aliphatic rings. The Hall–Kier alpha value is -1.88. The van der Waals surface area contributed by atoms with Crippen LogP contribution in [0.1, 0.15) is 26.7 Å². The van der Waals surface area contributed by atoms with Crippen molar-refractivity contribution in [3.8, 4) is 0 Å². The van der Waals surface area contributed by atoms with E-state index in [9.17, 15) is 9.18 Å². The Kier molecular flexibility index (Phi) is 4.90. The molecule has 1 fully saturated rings. The number of hydrogen-bond acceptors (Lipinski definition) is 3. The number of rotatable bonds is 3. The van der Waals surface area contributed by atoms with Gasteiger partial charge in [-0.2, -0.15) is 0 Å². The van der Waals surface area contributed by atoms with E-state index in [1.54, 1.807) is 18.2 Å². The number of piperidine rings is 1. The van der Waals surface area contributed by atoms with Gasteiger partial charge in [-0.05, 0) is 31.0 Å². The van der Waals surface area contributed by atoms with Gasteiger partial charge in [0.25, 0.3) is 0 Å². The molecule has 1 atom stereocenters. The number of fused-ring (bicyclic) bond motifs is 1. The Morgan fingerprint density at radius 2 is 2.21 bits per heavy atom. The molecule has 1 amide bonds. The standard InChI is InChI=1S/C18H21ClFN3O/c1-11(2)18(24)22-12-4-3-9-23(10-12)15-6-5-13-14(19)7-8-21-17(13)16(15)20/h5-8,11-12H,3-4,9-10H2,1-2H3,(H,22,24). The molecule has 0 radical (unpaired) electrons. The van der Waals surface area contributed by atoms with Crippen molar-refractivity contribution < 1.29 is 9.18 Å². The number of carbonyl (C=O) groups is 1. The van der Waals surface area contributed by atoms with Crippen LogP contribution in [0.3, 0.4) is 0 Å². The summed E-state index contributed by atoms with van der Waals surface area (Å²) in [5.74, 6) is -0.371. The molecular formula is C18H21ClFN3O. The van der Waals surface area contributed by atoms with Crippen LogP contribution in [0.5, 0.6) is 0 Å². The highest BCUT2D eigenvalue weighted by Crippen LogP contribution is 2.31. The van der Waals surface area contributed by atoms with Gasteiger partial charge in [0, 0.05) is 36.6 Å². The summed E-state index contributed by atoms with van der Waals surface area (Å²) in [5, 5.41) is 4.15. The molecule has 1 unspecified atom stereocenters. The van der Waals surface area contributed by atoms with Gasteiger partial charge >= 0.3 is 0 Å². The first kappa shape index (κ1) is 17.0. The van der Waals surface area contributed by atoms with Crippen molar-refractivity contribution in [2.45, 2.75) is 32.7 Å². The second-order valence-electron chi connectivity index (χ2n) is 6.54. The SMILES string of the molecule is CC(C)C(=O)NC1CCCN(c2ccc3c(Cl)ccnc3c2F)C1. The van der Waals surface area contributed by atoms with E-state index in [4.69, 9.17) is 11.6 Å². The summed E-state index contributed by atoms with van der Waals surface area (Å²) in [6.07, 6.45) is 3.33. The third kappa shape index (κ3) is 3.31. The van der Waals surface area contributed by atoms with Gasteiger partial charge in [-0.25, -0.2) is 4.39 Å². The fourth-order valence-corrected chi connectivity index (χ4v) is 3.27. The Balaban J connectivity index is 1.85. The Morgan fingerprint density at radius 1 is 1.42 bits per heavy atom. The van der Waals surface area contributed by atoms with Crippen LogP contribution >= 0.6 is 11.6 Å². The lowest BCUT2D eigenvalue weighted by molar-refractivity contribution is -0.124. The minimum atomic E-state index is -0.356. The number of carbonyl (C=O) groups excluding carboxylic acids is 1. The topological polar surface area (TPSA) is 45.2 Å².